The van der Waals surface area contributed by atoms with Crippen molar-refractivity contribution in [3.63, 3.8) is 0 Å². The smallest absolute Gasteiger partial charge is 0.240 e. The molecule has 21 heavy (non-hydrogen) atoms. The Morgan fingerprint density at radius 3 is 2.29 bits per heavy atom. The SMILES string of the molecule is CC(=O)Nc1ccc(S(=O)(=O)NC[C@H](C)CN(C)C)cc1. The average molecular weight is 313 g/mol. The van der Waals surface area contributed by atoms with Crippen LogP contribution in [0.1, 0.15) is 13.8 Å². The highest BCUT2D eigenvalue weighted by molar-refractivity contribution is 7.89. The summed E-state index contributed by atoms with van der Waals surface area (Å²) < 4.78 is 26.9. The molecule has 0 radical (unpaired) electrons. The van der Waals surface area contributed by atoms with Crippen LogP contribution in [0.4, 0.5) is 5.69 Å². The second-order valence-electron chi connectivity index (χ2n) is 5.42. The number of carbonyl (C=O) groups is 1. The topological polar surface area (TPSA) is 78.5 Å². The molecule has 0 aromatic heterocycles. The monoisotopic (exact) mass is 313 g/mol. The second-order valence-corrected chi connectivity index (χ2v) is 7.19. The minimum Gasteiger partial charge on any atom is -0.326 e. The number of carbonyl (C=O) groups excluding carboxylic acids is 1. The van der Waals surface area contributed by atoms with Crippen LogP contribution in [-0.2, 0) is 14.8 Å². The largest absolute Gasteiger partial charge is 0.326 e. The van der Waals surface area contributed by atoms with Gasteiger partial charge in [-0.25, -0.2) is 13.1 Å². The van der Waals surface area contributed by atoms with E-state index in [1.807, 2.05) is 25.9 Å². The summed E-state index contributed by atoms with van der Waals surface area (Å²) in [5.74, 6) is 0.0228. The van der Waals surface area contributed by atoms with Gasteiger partial charge in [0, 0.05) is 25.7 Å². The van der Waals surface area contributed by atoms with Gasteiger partial charge in [0.2, 0.25) is 15.9 Å². The highest BCUT2D eigenvalue weighted by Gasteiger charge is 2.15. The first-order valence-corrected chi connectivity index (χ1v) is 8.21. The van der Waals surface area contributed by atoms with Gasteiger partial charge in [0.1, 0.15) is 0 Å². The van der Waals surface area contributed by atoms with Gasteiger partial charge in [-0.2, -0.15) is 0 Å². The lowest BCUT2D eigenvalue weighted by molar-refractivity contribution is -0.114. The number of amides is 1. The number of nitrogens with one attached hydrogen (secondary N) is 2. The third-order valence-electron chi connectivity index (χ3n) is 2.78. The molecule has 0 bridgehead atoms. The van der Waals surface area contributed by atoms with Crippen LogP contribution >= 0.6 is 0 Å². The first-order valence-electron chi connectivity index (χ1n) is 6.73. The Balaban J connectivity index is 2.68. The molecule has 7 heteroatoms. The molecule has 0 saturated heterocycles. The molecule has 1 aromatic rings. The first kappa shape index (κ1) is 17.6. The van der Waals surface area contributed by atoms with E-state index in [0.29, 0.717) is 12.2 Å². The van der Waals surface area contributed by atoms with E-state index in [1.54, 1.807) is 12.1 Å². The number of hydrogen-bond donors (Lipinski definition) is 2. The maximum absolute atomic E-state index is 12.1. The summed E-state index contributed by atoms with van der Waals surface area (Å²) in [6.07, 6.45) is 0. The van der Waals surface area contributed by atoms with Crippen molar-refractivity contribution >= 4 is 21.6 Å². The van der Waals surface area contributed by atoms with Gasteiger partial charge in [-0.1, -0.05) is 6.92 Å². The van der Waals surface area contributed by atoms with Gasteiger partial charge < -0.3 is 10.2 Å². The molecule has 0 aliphatic rings. The van der Waals surface area contributed by atoms with Crippen molar-refractivity contribution in [2.75, 3.05) is 32.5 Å². The third-order valence-corrected chi connectivity index (χ3v) is 4.22. The quantitative estimate of drug-likeness (QED) is 0.791. The van der Waals surface area contributed by atoms with Crippen LogP contribution in [0.3, 0.4) is 0 Å². The minimum absolute atomic E-state index is 0.189. The number of rotatable bonds is 7. The van der Waals surface area contributed by atoms with Gasteiger partial charge >= 0.3 is 0 Å². The Morgan fingerprint density at radius 2 is 1.81 bits per heavy atom. The van der Waals surface area contributed by atoms with Crippen LogP contribution in [0.25, 0.3) is 0 Å². The first-order chi connectivity index (χ1) is 9.70. The van der Waals surface area contributed by atoms with Crippen LogP contribution < -0.4 is 10.0 Å². The Morgan fingerprint density at radius 1 is 1.24 bits per heavy atom. The molecule has 0 saturated carbocycles. The average Bonchev–Trinajstić information content (AvgIpc) is 2.36. The van der Waals surface area contributed by atoms with Crippen molar-refractivity contribution in [3.8, 4) is 0 Å². The van der Waals surface area contributed by atoms with E-state index in [2.05, 4.69) is 10.0 Å². The third kappa shape index (κ3) is 6.24. The summed E-state index contributed by atoms with van der Waals surface area (Å²) in [5.41, 5.74) is 0.572. The molecule has 2 N–H and O–H groups in total. The summed E-state index contributed by atoms with van der Waals surface area (Å²) in [6, 6.07) is 6.09. The number of benzene rings is 1. The molecular formula is C14H23N3O3S. The Bertz CT molecular complexity index is 568. The van der Waals surface area contributed by atoms with Gasteiger partial charge in [-0.15, -0.1) is 0 Å². The Hall–Kier alpha value is -1.44. The predicted molar refractivity (Wildman–Crippen MR) is 83.7 cm³/mol. The number of nitrogens with zero attached hydrogens (tertiary/aromatic N) is 1. The van der Waals surface area contributed by atoms with Crippen molar-refractivity contribution < 1.29 is 13.2 Å². The van der Waals surface area contributed by atoms with Crippen LogP contribution in [-0.4, -0.2) is 46.4 Å². The Kier molecular flexibility index (Phi) is 6.32. The second kappa shape index (κ2) is 7.53. The zero-order valence-corrected chi connectivity index (χ0v) is 13.7. The standard InChI is InChI=1S/C14H23N3O3S/c1-11(10-17(3)4)9-15-21(19,20)14-7-5-13(6-8-14)16-12(2)18/h5-8,11,15H,9-10H2,1-4H3,(H,16,18)/t11-/m0/s1. The molecule has 1 rings (SSSR count). The van der Waals surface area contributed by atoms with Crippen molar-refractivity contribution in [1.29, 1.82) is 0 Å². The van der Waals surface area contributed by atoms with Crippen LogP contribution in [0, 0.1) is 5.92 Å². The highest BCUT2D eigenvalue weighted by atomic mass is 32.2. The molecule has 6 nitrogen and oxygen atoms in total. The van der Waals surface area contributed by atoms with E-state index in [1.165, 1.54) is 19.1 Å². The zero-order chi connectivity index (χ0) is 16.0. The molecule has 0 unspecified atom stereocenters. The summed E-state index contributed by atoms with van der Waals surface area (Å²) in [5, 5.41) is 2.60. The van der Waals surface area contributed by atoms with E-state index < -0.39 is 10.0 Å². The maximum atomic E-state index is 12.1. The zero-order valence-electron chi connectivity index (χ0n) is 12.9. The van der Waals surface area contributed by atoms with E-state index in [0.717, 1.165) is 6.54 Å². The van der Waals surface area contributed by atoms with Crippen molar-refractivity contribution in [3.05, 3.63) is 24.3 Å². The summed E-state index contributed by atoms with van der Waals surface area (Å²) in [6.45, 7) is 4.58. The van der Waals surface area contributed by atoms with Gasteiger partial charge in [0.15, 0.2) is 0 Å². The van der Waals surface area contributed by atoms with Gasteiger partial charge in [-0.3, -0.25) is 4.79 Å². The molecule has 1 amide bonds. The number of hydrogen-bond acceptors (Lipinski definition) is 4. The van der Waals surface area contributed by atoms with E-state index in [9.17, 15) is 13.2 Å². The Labute approximate surface area is 126 Å². The highest BCUT2D eigenvalue weighted by Crippen LogP contribution is 2.14. The van der Waals surface area contributed by atoms with Gasteiger partial charge in [-0.05, 0) is 44.3 Å². The van der Waals surface area contributed by atoms with E-state index in [4.69, 9.17) is 0 Å². The van der Waals surface area contributed by atoms with Crippen LogP contribution in [0.5, 0.6) is 0 Å². The van der Waals surface area contributed by atoms with Crippen molar-refractivity contribution in [2.45, 2.75) is 18.7 Å². The van der Waals surface area contributed by atoms with E-state index in [-0.39, 0.29) is 16.7 Å². The lowest BCUT2D eigenvalue weighted by Crippen LogP contribution is -2.32. The molecule has 118 valence electrons. The molecular weight excluding hydrogens is 290 g/mol. The number of sulfonamides is 1. The molecule has 0 heterocycles. The molecule has 0 aliphatic carbocycles. The molecule has 0 aliphatic heterocycles. The molecule has 0 spiro atoms. The lowest BCUT2D eigenvalue weighted by atomic mass is 10.2. The summed E-state index contributed by atoms with van der Waals surface area (Å²) >= 11 is 0. The fraction of sp³-hybridized carbons (Fsp3) is 0.500. The van der Waals surface area contributed by atoms with Crippen LogP contribution in [0.15, 0.2) is 29.2 Å². The predicted octanol–water partition coefficient (Wildman–Crippen LogP) is 1.12. The molecule has 1 atom stereocenters. The normalized spacial score (nSPS) is 13.2. The fourth-order valence-electron chi connectivity index (χ4n) is 1.94. The van der Waals surface area contributed by atoms with E-state index >= 15 is 0 Å². The summed E-state index contributed by atoms with van der Waals surface area (Å²) in [4.78, 5) is 13.1. The van der Waals surface area contributed by atoms with Gasteiger partial charge in [0.05, 0.1) is 4.90 Å². The van der Waals surface area contributed by atoms with Crippen molar-refractivity contribution in [1.82, 2.24) is 9.62 Å². The minimum atomic E-state index is -3.52. The lowest BCUT2D eigenvalue weighted by Gasteiger charge is -2.17. The number of anilines is 1. The molecule has 0 fully saturated rings. The maximum Gasteiger partial charge on any atom is 0.240 e. The fourth-order valence-corrected chi connectivity index (χ4v) is 3.11. The summed E-state index contributed by atoms with van der Waals surface area (Å²) in [7, 11) is 0.383. The van der Waals surface area contributed by atoms with Crippen LogP contribution in [0.2, 0.25) is 0 Å². The van der Waals surface area contributed by atoms with Crippen molar-refractivity contribution in [2.24, 2.45) is 5.92 Å². The molecule has 1 aromatic carbocycles. The van der Waals surface area contributed by atoms with Gasteiger partial charge in [0.25, 0.3) is 0 Å².